The molecule has 0 amide bonds. The summed E-state index contributed by atoms with van der Waals surface area (Å²) in [7, 11) is 0. The summed E-state index contributed by atoms with van der Waals surface area (Å²) < 4.78 is 4.73. The summed E-state index contributed by atoms with van der Waals surface area (Å²) in [5.74, 6) is 0. The van der Waals surface area contributed by atoms with Crippen molar-refractivity contribution in [2.75, 3.05) is 0 Å². The summed E-state index contributed by atoms with van der Waals surface area (Å²) in [6, 6.07) is -1.01. The Hall–Kier alpha value is -2.98. The van der Waals surface area contributed by atoms with Crippen molar-refractivity contribution < 1.29 is 4.74 Å². The predicted molar refractivity (Wildman–Crippen MR) is 51.0 cm³/mol. The first-order valence-corrected chi connectivity index (χ1v) is 4.12. The fraction of sp³-hybridized carbons (Fsp3) is 0. The van der Waals surface area contributed by atoms with Gasteiger partial charge in [-0.3, -0.25) is 19.9 Å². The molecule has 0 saturated heterocycles. The molecule has 2 aromatic rings. The molecule has 0 spiro atoms. The molecule has 0 atom stereocenters. The fourth-order valence-electron chi connectivity index (χ4n) is 0.935. The maximum atomic E-state index is 10.8. The Morgan fingerprint density at radius 3 is 1.47 bits per heavy atom. The van der Waals surface area contributed by atoms with E-state index < -0.39 is 34.8 Å². The number of aromatic nitrogens is 6. The van der Waals surface area contributed by atoms with E-state index in [1.807, 2.05) is 9.97 Å². The van der Waals surface area contributed by atoms with Crippen LogP contribution in [-0.2, 0) is 0 Å². The second-order valence-electron chi connectivity index (χ2n) is 2.70. The molecule has 0 aliphatic carbocycles. The maximum Gasteiger partial charge on any atom is 0.353 e. The molecule has 0 bridgehead atoms. The molecule has 2 rings (SSSR count). The Labute approximate surface area is 89.6 Å². The van der Waals surface area contributed by atoms with E-state index in [-0.39, 0.29) is 0 Å². The number of hydrogen-bond donors (Lipinski definition) is 4. The third-order valence-corrected chi connectivity index (χ3v) is 1.48. The predicted octanol–water partition coefficient (Wildman–Crippen LogP) is -2.98. The van der Waals surface area contributed by atoms with Crippen LogP contribution < -0.4 is 27.5 Å². The van der Waals surface area contributed by atoms with Crippen LogP contribution in [0.4, 0.5) is 0 Å². The number of nitrogens with one attached hydrogen (secondary N) is 4. The van der Waals surface area contributed by atoms with Gasteiger partial charge in [-0.2, -0.15) is 0 Å². The van der Waals surface area contributed by atoms with Crippen molar-refractivity contribution >= 4 is 0 Å². The van der Waals surface area contributed by atoms with Gasteiger partial charge in [0.15, 0.2) is 0 Å². The van der Waals surface area contributed by atoms with Crippen LogP contribution >= 0.6 is 0 Å². The summed E-state index contributed by atoms with van der Waals surface area (Å²) in [6.45, 7) is 0. The van der Waals surface area contributed by atoms with Crippen molar-refractivity contribution in [2.45, 2.75) is 0 Å². The van der Waals surface area contributed by atoms with Crippen LogP contribution in [0.1, 0.15) is 0 Å². The largest absolute Gasteiger partial charge is 0.391 e. The minimum absolute atomic E-state index is 0.507. The third kappa shape index (κ3) is 2.53. The maximum absolute atomic E-state index is 10.8. The number of nitrogens with zero attached hydrogens (tertiary/aromatic N) is 2. The van der Waals surface area contributed by atoms with Crippen molar-refractivity contribution in [1.29, 1.82) is 0 Å². The summed E-state index contributed by atoms with van der Waals surface area (Å²) in [5.41, 5.74) is -3.61. The van der Waals surface area contributed by atoms with Gasteiger partial charge >= 0.3 is 34.8 Å². The summed E-state index contributed by atoms with van der Waals surface area (Å²) in [6.07, 6.45) is 0. The van der Waals surface area contributed by atoms with Crippen LogP contribution in [0.25, 0.3) is 0 Å². The van der Waals surface area contributed by atoms with Crippen LogP contribution in [0.3, 0.4) is 0 Å². The average Bonchev–Trinajstić information content (AvgIpc) is 2.13. The van der Waals surface area contributed by atoms with Gasteiger partial charge in [-0.1, -0.05) is 0 Å². The van der Waals surface area contributed by atoms with Crippen molar-refractivity contribution in [1.82, 2.24) is 29.9 Å². The molecule has 0 aliphatic rings. The summed E-state index contributed by atoms with van der Waals surface area (Å²) >= 11 is 0. The fourth-order valence-corrected chi connectivity index (χ4v) is 0.935. The van der Waals surface area contributed by atoms with Crippen molar-refractivity contribution in [2.24, 2.45) is 0 Å². The van der Waals surface area contributed by atoms with E-state index >= 15 is 0 Å². The highest BCUT2D eigenvalue weighted by molar-refractivity contribution is 5.00. The molecule has 11 heteroatoms. The zero-order valence-electron chi connectivity index (χ0n) is 7.94. The average molecular weight is 240 g/mol. The second-order valence-corrected chi connectivity index (χ2v) is 2.70. The molecule has 2 aromatic heterocycles. The lowest BCUT2D eigenvalue weighted by atomic mass is 10.9. The SMILES string of the molecule is O=c1nc(Oc2nc(=O)[nH]c(=O)[nH]2)[nH]c(=O)[nH]1. The van der Waals surface area contributed by atoms with E-state index in [4.69, 9.17) is 4.74 Å². The minimum Gasteiger partial charge on any atom is -0.391 e. The zero-order chi connectivity index (χ0) is 12.4. The van der Waals surface area contributed by atoms with Gasteiger partial charge in [0.2, 0.25) is 0 Å². The van der Waals surface area contributed by atoms with Gasteiger partial charge in [0.25, 0.3) is 0 Å². The summed E-state index contributed by atoms with van der Waals surface area (Å²) in [5, 5.41) is 0. The Balaban J connectivity index is 2.44. The summed E-state index contributed by atoms with van der Waals surface area (Å²) in [4.78, 5) is 57.4. The topological polar surface area (TPSA) is 166 Å². The second kappa shape index (κ2) is 3.88. The zero-order valence-corrected chi connectivity index (χ0v) is 7.94. The standard InChI is InChI=1S/C6H4N6O5/c13-1-7-2(14)10-5(9-1)17-6-11-3(15)8-4(16)12-6/h(H2,7,9,10,13,14)(H2,8,11,12,15,16). The van der Waals surface area contributed by atoms with E-state index in [2.05, 4.69) is 9.97 Å². The first-order chi connectivity index (χ1) is 8.02. The number of ether oxygens (including phenoxy) is 1. The Morgan fingerprint density at radius 2 is 1.12 bits per heavy atom. The Morgan fingerprint density at radius 1 is 0.706 bits per heavy atom. The number of aromatic amines is 4. The number of H-pyrrole nitrogens is 4. The van der Waals surface area contributed by atoms with Crippen LogP contribution in [0.2, 0.25) is 0 Å². The molecular weight excluding hydrogens is 236 g/mol. The normalized spacial score (nSPS) is 10.1. The van der Waals surface area contributed by atoms with Gasteiger partial charge in [-0.05, 0) is 0 Å². The molecule has 0 saturated carbocycles. The highest BCUT2D eigenvalue weighted by Crippen LogP contribution is 2.03. The number of rotatable bonds is 2. The van der Waals surface area contributed by atoms with Crippen LogP contribution in [0.15, 0.2) is 19.2 Å². The van der Waals surface area contributed by atoms with Gasteiger partial charge in [-0.15, -0.1) is 9.97 Å². The molecular formula is C6H4N6O5. The van der Waals surface area contributed by atoms with E-state index in [1.165, 1.54) is 0 Å². The third-order valence-electron chi connectivity index (χ3n) is 1.48. The van der Waals surface area contributed by atoms with Crippen molar-refractivity contribution in [3.05, 3.63) is 41.9 Å². The van der Waals surface area contributed by atoms with E-state index in [0.717, 1.165) is 0 Å². The van der Waals surface area contributed by atoms with Gasteiger partial charge in [-0.25, -0.2) is 19.2 Å². The van der Waals surface area contributed by atoms with Crippen molar-refractivity contribution in [3.8, 4) is 12.0 Å². The Bertz CT molecular complexity index is 643. The van der Waals surface area contributed by atoms with Crippen LogP contribution in [0.5, 0.6) is 12.0 Å². The highest BCUT2D eigenvalue weighted by atomic mass is 16.5. The lowest BCUT2D eigenvalue weighted by molar-refractivity contribution is 0.395. The molecule has 17 heavy (non-hydrogen) atoms. The number of hydrogen-bond acceptors (Lipinski definition) is 7. The van der Waals surface area contributed by atoms with E-state index in [0.29, 0.717) is 0 Å². The van der Waals surface area contributed by atoms with E-state index in [1.54, 1.807) is 9.97 Å². The van der Waals surface area contributed by atoms with Gasteiger partial charge in [0, 0.05) is 0 Å². The first kappa shape index (κ1) is 10.5. The van der Waals surface area contributed by atoms with Crippen LogP contribution in [0, 0.1) is 0 Å². The smallest absolute Gasteiger partial charge is 0.353 e. The monoisotopic (exact) mass is 240 g/mol. The van der Waals surface area contributed by atoms with Crippen LogP contribution in [-0.4, -0.2) is 29.9 Å². The highest BCUT2D eigenvalue weighted by Gasteiger charge is 2.04. The van der Waals surface area contributed by atoms with Gasteiger partial charge < -0.3 is 4.74 Å². The Kier molecular flexibility index (Phi) is 2.40. The molecule has 2 heterocycles. The molecule has 0 fully saturated rings. The molecule has 0 radical (unpaired) electrons. The van der Waals surface area contributed by atoms with E-state index in [9.17, 15) is 19.2 Å². The molecule has 4 N–H and O–H groups in total. The van der Waals surface area contributed by atoms with Gasteiger partial charge in [0.05, 0.1) is 0 Å². The van der Waals surface area contributed by atoms with Gasteiger partial charge in [0.1, 0.15) is 0 Å². The van der Waals surface area contributed by atoms with Crippen molar-refractivity contribution in [3.63, 3.8) is 0 Å². The molecule has 88 valence electrons. The lowest BCUT2D eigenvalue weighted by Crippen LogP contribution is -2.27. The first-order valence-electron chi connectivity index (χ1n) is 4.12. The quantitative estimate of drug-likeness (QED) is 0.434. The lowest BCUT2D eigenvalue weighted by Gasteiger charge is -1.99. The molecule has 0 aliphatic heterocycles. The minimum atomic E-state index is -0.948. The molecule has 11 nitrogen and oxygen atoms in total. The molecule has 0 aromatic carbocycles. The molecule has 0 unspecified atom stereocenters.